The number of aromatic nitrogens is 3. The van der Waals surface area contributed by atoms with Gasteiger partial charge in [-0.15, -0.1) is 10.2 Å². The van der Waals surface area contributed by atoms with Crippen LogP contribution in [0.4, 0.5) is 5.69 Å². The molecule has 0 fully saturated rings. The van der Waals surface area contributed by atoms with Gasteiger partial charge in [0.2, 0.25) is 0 Å². The van der Waals surface area contributed by atoms with Crippen LogP contribution >= 0.6 is 11.6 Å². The van der Waals surface area contributed by atoms with Crippen LogP contribution in [0.3, 0.4) is 0 Å². The molecule has 1 N–H and O–H groups in total. The molecule has 7 heteroatoms. The molecule has 4 aromatic carbocycles. The van der Waals surface area contributed by atoms with Crippen molar-refractivity contribution in [2.75, 3.05) is 12.4 Å². The Labute approximate surface area is 183 Å². The highest BCUT2D eigenvalue weighted by molar-refractivity contribution is 6.36. The number of rotatable bonds is 4. The molecular weight excluding hydrogens is 412 g/mol. The maximum absolute atomic E-state index is 13.0. The number of nitrogens with zero attached hydrogens (tertiary/aromatic N) is 3. The second kappa shape index (κ2) is 7.74. The summed E-state index contributed by atoms with van der Waals surface area (Å²) < 4.78 is 5.19. The summed E-state index contributed by atoms with van der Waals surface area (Å²) in [4.78, 5) is 14.5. The van der Waals surface area contributed by atoms with Gasteiger partial charge in [0.15, 0.2) is 0 Å². The highest BCUT2D eigenvalue weighted by atomic mass is 35.5. The molecule has 0 aliphatic rings. The van der Waals surface area contributed by atoms with E-state index in [2.05, 4.69) is 15.5 Å². The van der Waals surface area contributed by atoms with Gasteiger partial charge in [0.25, 0.3) is 5.91 Å². The van der Waals surface area contributed by atoms with Gasteiger partial charge in [0, 0.05) is 21.7 Å². The summed E-state index contributed by atoms with van der Waals surface area (Å²) >= 11 is 6.27. The molecule has 0 aliphatic heterocycles. The molecule has 0 atom stereocenters. The predicted molar refractivity (Wildman–Crippen MR) is 122 cm³/mol. The van der Waals surface area contributed by atoms with Crippen LogP contribution < -0.4 is 10.1 Å². The maximum Gasteiger partial charge on any atom is 0.256 e. The number of anilines is 1. The monoisotopic (exact) mass is 428 g/mol. The first-order chi connectivity index (χ1) is 15.1. The number of halogens is 1. The number of hydrogen-bond acceptors (Lipinski definition) is 4. The van der Waals surface area contributed by atoms with E-state index in [0.29, 0.717) is 21.8 Å². The maximum atomic E-state index is 13.0. The van der Waals surface area contributed by atoms with E-state index in [1.165, 1.54) is 0 Å². The molecule has 0 unspecified atom stereocenters. The van der Waals surface area contributed by atoms with Crippen molar-refractivity contribution < 1.29 is 9.53 Å². The minimum Gasteiger partial charge on any atom is -0.497 e. The van der Waals surface area contributed by atoms with Gasteiger partial charge in [-0.05, 0) is 60.0 Å². The van der Waals surface area contributed by atoms with Gasteiger partial charge in [-0.25, -0.2) is 0 Å². The van der Waals surface area contributed by atoms with E-state index in [1.807, 2.05) is 66.7 Å². The zero-order valence-corrected chi connectivity index (χ0v) is 17.3. The standard InChI is InChI=1S/C24H17ClN4O2/c1-31-17-11-9-16(10-12-17)29-27-22-13-8-15(14-23(22)28-29)26-24(30)20-6-2-5-19-18(20)4-3-7-21(19)25/h2-14H,1H3,(H,26,30). The highest BCUT2D eigenvalue weighted by Gasteiger charge is 2.13. The second-order valence-corrected chi connectivity index (χ2v) is 7.39. The van der Waals surface area contributed by atoms with Crippen molar-refractivity contribution in [2.24, 2.45) is 0 Å². The van der Waals surface area contributed by atoms with Crippen molar-refractivity contribution in [1.82, 2.24) is 15.0 Å². The number of carbonyl (C=O) groups is 1. The van der Waals surface area contributed by atoms with Crippen molar-refractivity contribution in [2.45, 2.75) is 0 Å². The van der Waals surface area contributed by atoms with E-state index in [0.717, 1.165) is 27.7 Å². The quantitative estimate of drug-likeness (QED) is 0.411. The Morgan fingerprint density at radius 1 is 0.903 bits per heavy atom. The smallest absolute Gasteiger partial charge is 0.256 e. The van der Waals surface area contributed by atoms with Crippen LogP contribution in [0.2, 0.25) is 5.02 Å². The lowest BCUT2D eigenvalue weighted by Gasteiger charge is -2.09. The predicted octanol–water partition coefficient (Wildman–Crippen LogP) is 5.49. The van der Waals surface area contributed by atoms with Crippen LogP contribution in [0.1, 0.15) is 10.4 Å². The van der Waals surface area contributed by atoms with Crippen molar-refractivity contribution in [3.05, 3.63) is 89.4 Å². The first-order valence-electron chi connectivity index (χ1n) is 9.62. The zero-order valence-electron chi connectivity index (χ0n) is 16.5. The van der Waals surface area contributed by atoms with Gasteiger partial charge in [-0.3, -0.25) is 4.79 Å². The van der Waals surface area contributed by atoms with Gasteiger partial charge in [0.1, 0.15) is 16.8 Å². The summed E-state index contributed by atoms with van der Waals surface area (Å²) in [6.45, 7) is 0. The Bertz CT molecular complexity index is 1430. The fourth-order valence-corrected chi connectivity index (χ4v) is 3.73. The molecular formula is C24H17ClN4O2. The Morgan fingerprint density at radius 2 is 1.65 bits per heavy atom. The molecule has 5 aromatic rings. The number of carbonyl (C=O) groups excluding carboxylic acids is 1. The van der Waals surface area contributed by atoms with E-state index >= 15 is 0 Å². The summed E-state index contributed by atoms with van der Waals surface area (Å²) in [6, 6.07) is 24.0. The lowest BCUT2D eigenvalue weighted by molar-refractivity contribution is 0.102. The normalized spacial score (nSPS) is 11.0. The average Bonchev–Trinajstić information content (AvgIpc) is 3.22. The number of ether oxygens (including phenoxy) is 1. The van der Waals surface area contributed by atoms with Crippen LogP contribution in [-0.4, -0.2) is 28.0 Å². The largest absolute Gasteiger partial charge is 0.497 e. The molecule has 0 saturated heterocycles. The van der Waals surface area contributed by atoms with E-state index in [-0.39, 0.29) is 5.91 Å². The lowest BCUT2D eigenvalue weighted by Crippen LogP contribution is -2.12. The topological polar surface area (TPSA) is 69.0 Å². The van der Waals surface area contributed by atoms with Crippen LogP contribution in [-0.2, 0) is 0 Å². The second-order valence-electron chi connectivity index (χ2n) is 6.99. The summed E-state index contributed by atoms with van der Waals surface area (Å²) in [5.41, 5.74) is 3.41. The van der Waals surface area contributed by atoms with Crippen LogP contribution in [0.15, 0.2) is 78.9 Å². The molecule has 6 nitrogen and oxygen atoms in total. The van der Waals surface area contributed by atoms with E-state index < -0.39 is 0 Å². The minimum atomic E-state index is -0.213. The van der Waals surface area contributed by atoms with Crippen LogP contribution in [0.25, 0.3) is 27.5 Å². The van der Waals surface area contributed by atoms with Crippen molar-refractivity contribution in [3.63, 3.8) is 0 Å². The van der Waals surface area contributed by atoms with E-state index in [4.69, 9.17) is 16.3 Å². The number of hydrogen-bond donors (Lipinski definition) is 1. The Balaban J connectivity index is 1.44. The van der Waals surface area contributed by atoms with Crippen molar-refractivity contribution >= 4 is 45.0 Å². The number of amides is 1. The fourth-order valence-electron chi connectivity index (χ4n) is 3.49. The molecule has 1 amide bonds. The first-order valence-corrected chi connectivity index (χ1v) is 10.0. The third-order valence-electron chi connectivity index (χ3n) is 5.06. The number of nitrogens with one attached hydrogen (secondary N) is 1. The third-order valence-corrected chi connectivity index (χ3v) is 5.38. The molecule has 0 bridgehead atoms. The molecule has 1 heterocycles. The fraction of sp³-hybridized carbons (Fsp3) is 0.0417. The SMILES string of the molecule is COc1ccc(-n2nc3ccc(NC(=O)c4cccc5c(Cl)cccc45)cc3n2)cc1. The summed E-state index contributed by atoms with van der Waals surface area (Å²) in [7, 11) is 1.62. The lowest BCUT2D eigenvalue weighted by atomic mass is 10.0. The molecule has 0 aliphatic carbocycles. The number of fused-ring (bicyclic) bond motifs is 2. The van der Waals surface area contributed by atoms with Gasteiger partial charge in [0.05, 0.1) is 12.8 Å². The average molecular weight is 429 g/mol. The van der Waals surface area contributed by atoms with Gasteiger partial charge in [-0.1, -0.05) is 35.9 Å². The van der Waals surface area contributed by atoms with Crippen LogP contribution in [0, 0.1) is 0 Å². The highest BCUT2D eigenvalue weighted by Crippen LogP contribution is 2.27. The van der Waals surface area contributed by atoms with Gasteiger partial charge >= 0.3 is 0 Å². The molecule has 31 heavy (non-hydrogen) atoms. The molecule has 0 spiro atoms. The summed E-state index contributed by atoms with van der Waals surface area (Å²) in [5.74, 6) is 0.551. The first kappa shape index (κ1) is 19.1. The van der Waals surface area contributed by atoms with Gasteiger partial charge < -0.3 is 10.1 Å². The number of benzene rings is 4. The minimum absolute atomic E-state index is 0.213. The van der Waals surface area contributed by atoms with Gasteiger partial charge in [-0.2, -0.15) is 4.80 Å². The van der Waals surface area contributed by atoms with E-state index in [9.17, 15) is 4.79 Å². The molecule has 0 radical (unpaired) electrons. The molecule has 1 aromatic heterocycles. The van der Waals surface area contributed by atoms with E-state index in [1.54, 1.807) is 24.0 Å². The van der Waals surface area contributed by atoms with Crippen LogP contribution in [0.5, 0.6) is 5.75 Å². The van der Waals surface area contributed by atoms with Crippen molar-refractivity contribution in [1.29, 1.82) is 0 Å². The molecule has 152 valence electrons. The van der Waals surface area contributed by atoms with Crippen molar-refractivity contribution in [3.8, 4) is 11.4 Å². The Kier molecular flexibility index (Phi) is 4.76. The summed E-state index contributed by atoms with van der Waals surface area (Å²) in [6.07, 6.45) is 0. The number of methoxy groups -OCH3 is 1. The molecule has 0 saturated carbocycles. The molecule has 5 rings (SSSR count). The third kappa shape index (κ3) is 3.58. The summed E-state index contributed by atoms with van der Waals surface area (Å²) in [5, 5.41) is 14.3. The Morgan fingerprint density at radius 3 is 2.45 bits per heavy atom. The Hall–Kier alpha value is -3.90. The zero-order chi connectivity index (χ0) is 21.4.